The van der Waals surface area contributed by atoms with Gasteiger partial charge in [-0.1, -0.05) is 0 Å². The molecule has 0 aliphatic carbocycles. The van der Waals surface area contributed by atoms with Gasteiger partial charge in [-0.25, -0.2) is 28.1 Å². The van der Waals surface area contributed by atoms with Crippen molar-refractivity contribution in [2.75, 3.05) is 12.0 Å². The van der Waals surface area contributed by atoms with Crippen LogP contribution in [-0.4, -0.2) is 41.5 Å². The van der Waals surface area contributed by atoms with Crippen LogP contribution in [0.4, 0.5) is 24.1 Å². The standard InChI is InChI=1S/C19H26F2N2O6/c1-17(2,3)28-15(25)23(16(26)29-18(4,5)6)12-9-11(19(7,20)21)10-22-13(12)14(24)27-8/h9-10H,1-8H3. The molecule has 0 spiro atoms. The first-order chi connectivity index (χ1) is 13.0. The first kappa shape index (κ1) is 24.3. The lowest BCUT2D eigenvalue weighted by atomic mass is 10.1. The van der Waals surface area contributed by atoms with E-state index in [1.54, 1.807) is 41.5 Å². The first-order valence-electron chi connectivity index (χ1n) is 8.69. The molecule has 8 nitrogen and oxygen atoms in total. The summed E-state index contributed by atoms with van der Waals surface area (Å²) in [6.07, 6.45) is -1.69. The summed E-state index contributed by atoms with van der Waals surface area (Å²) in [7, 11) is 1.04. The third-order valence-corrected chi connectivity index (χ3v) is 3.15. The SMILES string of the molecule is COC(=O)c1ncc(C(C)(F)F)cc1N(C(=O)OC(C)(C)C)C(=O)OC(C)(C)C. The van der Waals surface area contributed by atoms with Gasteiger partial charge in [0.1, 0.15) is 11.2 Å². The summed E-state index contributed by atoms with van der Waals surface area (Å²) in [6.45, 7) is 9.91. The second kappa shape index (κ2) is 8.30. The maximum Gasteiger partial charge on any atom is 0.424 e. The Morgan fingerprint density at radius 3 is 1.72 bits per heavy atom. The van der Waals surface area contributed by atoms with Crippen LogP contribution in [-0.2, 0) is 20.1 Å². The second-order valence-corrected chi connectivity index (χ2v) is 8.27. The molecule has 0 saturated carbocycles. The molecule has 1 heterocycles. The molecular weight excluding hydrogens is 390 g/mol. The molecule has 0 aliphatic rings. The molecule has 1 aromatic rings. The molecule has 2 amide bonds. The number of hydrogen-bond donors (Lipinski definition) is 0. The zero-order chi connectivity index (χ0) is 22.8. The van der Waals surface area contributed by atoms with E-state index in [-0.39, 0.29) is 0 Å². The van der Waals surface area contributed by atoms with E-state index in [9.17, 15) is 23.2 Å². The summed E-state index contributed by atoms with van der Waals surface area (Å²) in [6, 6.07) is 0.799. The Morgan fingerprint density at radius 1 is 0.931 bits per heavy atom. The van der Waals surface area contributed by atoms with Crippen LogP contribution in [0.2, 0.25) is 0 Å². The molecule has 0 aliphatic heterocycles. The van der Waals surface area contributed by atoms with Crippen molar-refractivity contribution in [1.82, 2.24) is 4.98 Å². The van der Waals surface area contributed by atoms with Crippen molar-refractivity contribution in [3.8, 4) is 0 Å². The van der Waals surface area contributed by atoms with Crippen molar-refractivity contribution in [2.24, 2.45) is 0 Å². The number of halogens is 2. The number of rotatable bonds is 3. The number of hydrogen-bond acceptors (Lipinski definition) is 7. The summed E-state index contributed by atoms with van der Waals surface area (Å²) < 4.78 is 42.7. The van der Waals surface area contributed by atoms with Gasteiger partial charge in [-0.2, -0.15) is 4.90 Å². The van der Waals surface area contributed by atoms with Gasteiger partial charge in [-0.15, -0.1) is 0 Å². The number of carbonyl (C=O) groups is 3. The number of amides is 2. The number of nitrogens with zero attached hydrogens (tertiary/aromatic N) is 2. The van der Waals surface area contributed by atoms with Crippen molar-refractivity contribution in [3.05, 3.63) is 23.5 Å². The van der Waals surface area contributed by atoms with Gasteiger partial charge in [-0.3, -0.25) is 0 Å². The molecule has 162 valence electrons. The topological polar surface area (TPSA) is 95.0 Å². The summed E-state index contributed by atoms with van der Waals surface area (Å²) in [5, 5.41) is 0. The Balaban J connectivity index is 3.69. The van der Waals surface area contributed by atoms with E-state index >= 15 is 0 Å². The van der Waals surface area contributed by atoms with Crippen LogP contribution in [0.5, 0.6) is 0 Å². The summed E-state index contributed by atoms with van der Waals surface area (Å²) in [4.78, 5) is 41.6. The van der Waals surface area contributed by atoms with Gasteiger partial charge in [0.2, 0.25) is 0 Å². The molecule has 0 bridgehead atoms. The molecule has 0 radical (unpaired) electrons. The van der Waals surface area contributed by atoms with Crippen molar-refractivity contribution in [1.29, 1.82) is 0 Å². The van der Waals surface area contributed by atoms with Crippen LogP contribution in [0.1, 0.15) is 64.5 Å². The Morgan fingerprint density at radius 2 is 1.38 bits per heavy atom. The minimum Gasteiger partial charge on any atom is -0.464 e. The fraction of sp³-hybridized carbons (Fsp3) is 0.579. The molecule has 10 heteroatoms. The van der Waals surface area contributed by atoms with Crippen LogP contribution in [0.15, 0.2) is 12.3 Å². The third-order valence-electron chi connectivity index (χ3n) is 3.15. The predicted octanol–water partition coefficient (Wildman–Crippen LogP) is 4.66. The molecule has 0 N–H and O–H groups in total. The number of alkyl halides is 2. The van der Waals surface area contributed by atoms with E-state index < -0.39 is 52.2 Å². The summed E-state index contributed by atoms with van der Waals surface area (Å²) >= 11 is 0. The van der Waals surface area contributed by atoms with Crippen LogP contribution in [0.3, 0.4) is 0 Å². The Bertz CT molecular complexity index is 763. The predicted molar refractivity (Wildman–Crippen MR) is 100 cm³/mol. The molecule has 0 aromatic carbocycles. The van der Waals surface area contributed by atoms with E-state index in [0.717, 1.165) is 19.4 Å². The number of pyridine rings is 1. The number of anilines is 1. The van der Waals surface area contributed by atoms with Gasteiger partial charge in [-0.05, 0) is 47.6 Å². The van der Waals surface area contributed by atoms with Crippen molar-refractivity contribution in [3.63, 3.8) is 0 Å². The molecule has 0 saturated heterocycles. The highest BCUT2D eigenvalue weighted by Gasteiger charge is 2.37. The Hall–Kier alpha value is -2.78. The van der Waals surface area contributed by atoms with Crippen LogP contribution >= 0.6 is 0 Å². The highest BCUT2D eigenvalue weighted by atomic mass is 19.3. The summed E-state index contributed by atoms with van der Waals surface area (Å²) in [5.74, 6) is -4.40. The number of carbonyl (C=O) groups excluding carboxylic acids is 3. The van der Waals surface area contributed by atoms with Gasteiger partial charge in [0.25, 0.3) is 5.92 Å². The van der Waals surface area contributed by atoms with E-state index in [0.29, 0.717) is 11.8 Å². The maximum atomic E-state index is 13.9. The first-order valence-corrected chi connectivity index (χ1v) is 8.69. The monoisotopic (exact) mass is 416 g/mol. The fourth-order valence-electron chi connectivity index (χ4n) is 2.00. The van der Waals surface area contributed by atoms with E-state index in [4.69, 9.17) is 9.47 Å². The number of ether oxygens (including phenoxy) is 3. The lowest BCUT2D eigenvalue weighted by Gasteiger charge is -2.29. The van der Waals surface area contributed by atoms with Crippen LogP contribution < -0.4 is 4.90 Å². The molecule has 0 unspecified atom stereocenters. The minimum atomic E-state index is -3.36. The van der Waals surface area contributed by atoms with Gasteiger partial charge in [0.05, 0.1) is 12.8 Å². The highest BCUT2D eigenvalue weighted by Crippen LogP contribution is 2.32. The van der Waals surface area contributed by atoms with Gasteiger partial charge >= 0.3 is 18.2 Å². The lowest BCUT2D eigenvalue weighted by Crippen LogP contribution is -2.44. The van der Waals surface area contributed by atoms with Gasteiger partial charge < -0.3 is 14.2 Å². The fourth-order valence-corrected chi connectivity index (χ4v) is 2.00. The van der Waals surface area contributed by atoms with E-state index in [1.807, 2.05) is 0 Å². The largest absolute Gasteiger partial charge is 0.464 e. The van der Waals surface area contributed by atoms with Gasteiger partial charge in [0.15, 0.2) is 5.69 Å². The molecule has 29 heavy (non-hydrogen) atoms. The zero-order valence-electron chi connectivity index (χ0n) is 17.8. The summed E-state index contributed by atoms with van der Waals surface area (Å²) in [5.41, 5.74) is -3.75. The van der Waals surface area contributed by atoms with E-state index in [2.05, 4.69) is 9.72 Å². The normalized spacial score (nSPS) is 12.2. The number of methoxy groups -OCH3 is 1. The second-order valence-electron chi connectivity index (χ2n) is 8.27. The number of esters is 1. The van der Waals surface area contributed by atoms with E-state index in [1.165, 1.54) is 0 Å². The van der Waals surface area contributed by atoms with Gasteiger partial charge in [0, 0.05) is 18.7 Å². The van der Waals surface area contributed by atoms with Crippen LogP contribution in [0, 0.1) is 0 Å². The third kappa shape index (κ3) is 6.95. The number of aromatic nitrogens is 1. The molecule has 1 rings (SSSR count). The molecular formula is C19H26F2N2O6. The average molecular weight is 416 g/mol. The smallest absolute Gasteiger partial charge is 0.424 e. The molecule has 0 atom stereocenters. The minimum absolute atomic E-state index is 0.352. The highest BCUT2D eigenvalue weighted by molar-refractivity contribution is 6.13. The molecule has 1 aromatic heterocycles. The zero-order valence-corrected chi connectivity index (χ0v) is 17.8. The Labute approximate surface area is 168 Å². The van der Waals surface area contributed by atoms with Crippen molar-refractivity contribution < 1.29 is 37.4 Å². The molecule has 0 fully saturated rings. The van der Waals surface area contributed by atoms with Crippen molar-refractivity contribution in [2.45, 2.75) is 65.6 Å². The average Bonchev–Trinajstić information content (AvgIpc) is 2.49. The maximum absolute atomic E-state index is 13.9. The van der Waals surface area contributed by atoms with Crippen molar-refractivity contribution >= 4 is 23.8 Å². The lowest BCUT2D eigenvalue weighted by molar-refractivity contribution is 0.0167. The number of imide groups is 1. The van der Waals surface area contributed by atoms with Crippen LogP contribution in [0.25, 0.3) is 0 Å². The Kier molecular flexibility index (Phi) is 6.94. The quantitative estimate of drug-likeness (QED) is 0.522.